The van der Waals surface area contributed by atoms with Crippen molar-refractivity contribution in [1.82, 2.24) is 15.5 Å². The molecule has 4 atom stereocenters. The van der Waals surface area contributed by atoms with E-state index in [4.69, 9.17) is 4.52 Å². The summed E-state index contributed by atoms with van der Waals surface area (Å²) < 4.78 is 5.57. The molecule has 3 aliphatic rings. The highest BCUT2D eigenvalue weighted by Gasteiger charge is 2.53. The third-order valence-electron chi connectivity index (χ3n) is 5.59. The number of amides is 1. The maximum Gasteiger partial charge on any atom is 0.230 e. The van der Waals surface area contributed by atoms with Crippen molar-refractivity contribution in [2.24, 2.45) is 23.7 Å². The van der Waals surface area contributed by atoms with Crippen LogP contribution < -0.4 is 5.32 Å². The number of carbonyl (C=O) groups is 1. The fraction of sp³-hybridized carbons (Fsp3) is 0.824. The van der Waals surface area contributed by atoms with Crippen LogP contribution >= 0.6 is 0 Å². The highest BCUT2D eigenvalue weighted by molar-refractivity contribution is 5.80. The lowest BCUT2D eigenvalue weighted by Crippen LogP contribution is -2.39. The monoisotopic (exact) mass is 303 g/mol. The number of nitrogens with zero attached hydrogens (tertiary/aromatic N) is 2. The second-order valence-electron chi connectivity index (χ2n) is 7.79. The molecule has 0 saturated heterocycles. The van der Waals surface area contributed by atoms with E-state index in [1.807, 2.05) is 0 Å². The lowest BCUT2D eigenvalue weighted by Gasteiger charge is -2.27. The van der Waals surface area contributed by atoms with Gasteiger partial charge in [0, 0.05) is 12.5 Å². The van der Waals surface area contributed by atoms with E-state index in [-0.39, 0.29) is 17.7 Å². The lowest BCUT2D eigenvalue weighted by atomic mass is 9.78. The van der Waals surface area contributed by atoms with Crippen LogP contribution in [0.4, 0.5) is 0 Å². The molecule has 3 aliphatic carbocycles. The van der Waals surface area contributed by atoms with Crippen molar-refractivity contribution < 1.29 is 9.32 Å². The molecule has 2 bridgehead atoms. The largest absolute Gasteiger partial charge is 0.356 e. The van der Waals surface area contributed by atoms with E-state index < -0.39 is 0 Å². The molecule has 0 radical (unpaired) electrons. The molecule has 1 N–H and O–H groups in total. The van der Waals surface area contributed by atoms with Gasteiger partial charge in [-0.05, 0) is 49.9 Å². The van der Waals surface area contributed by atoms with Crippen LogP contribution in [0.2, 0.25) is 0 Å². The molecule has 0 aromatic carbocycles. The molecule has 0 spiro atoms. The maximum absolute atomic E-state index is 12.7. The van der Waals surface area contributed by atoms with Gasteiger partial charge < -0.3 is 9.84 Å². The number of hydrogen-bond acceptors (Lipinski definition) is 4. The van der Waals surface area contributed by atoms with Gasteiger partial charge in [-0.15, -0.1) is 0 Å². The Morgan fingerprint density at radius 3 is 2.77 bits per heavy atom. The second-order valence-corrected chi connectivity index (χ2v) is 7.79. The Hall–Kier alpha value is -1.39. The van der Waals surface area contributed by atoms with Gasteiger partial charge in [-0.2, -0.15) is 4.98 Å². The molecule has 5 nitrogen and oxygen atoms in total. The summed E-state index contributed by atoms with van der Waals surface area (Å²) in [7, 11) is 0. The van der Waals surface area contributed by atoms with Crippen molar-refractivity contribution in [3.05, 3.63) is 11.7 Å². The normalized spacial score (nSPS) is 33.6. The van der Waals surface area contributed by atoms with Crippen LogP contribution in [0.5, 0.6) is 0 Å². The molecule has 0 unspecified atom stereocenters. The summed E-state index contributed by atoms with van der Waals surface area (Å²) in [6.07, 6.45) is 5.86. The first-order valence-electron chi connectivity index (χ1n) is 8.74. The predicted molar refractivity (Wildman–Crippen MR) is 81.2 cm³/mol. The van der Waals surface area contributed by atoms with E-state index in [1.165, 1.54) is 25.7 Å². The zero-order valence-corrected chi connectivity index (χ0v) is 13.4. The Morgan fingerprint density at radius 1 is 1.27 bits per heavy atom. The molecule has 1 aromatic heterocycles. The summed E-state index contributed by atoms with van der Waals surface area (Å²) in [5, 5.41) is 7.28. The van der Waals surface area contributed by atoms with Crippen molar-refractivity contribution in [2.45, 2.75) is 57.8 Å². The third kappa shape index (κ3) is 2.44. The maximum atomic E-state index is 12.7. The predicted octanol–water partition coefficient (Wildman–Crippen LogP) is 2.85. The molecule has 4 rings (SSSR count). The second kappa shape index (κ2) is 5.36. The average molecular weight is 303 g/mol. The molecule has 5 heteroatoms. The highest BCUT2D eigenvalue weighted by Crippen LogP contribution is 2.56. The Labute approximate surface area is 131 Å². The fourth-order valence-corrected chi connectivity index (χ4v) is 4.34. The van der Waals surface area contributed by atoms with Gasteiger partial charge in [0.1, 0.15) is 0 Å². The van der Waals surface area contributed by atoms with E-state index in [1.54, 1.807) is 0 Å². The molecule has 1 amide bonds. The number of nitrogens with one attached hydrogen (secondary N) is 1. The van der Waals surface area contributed by atoms with Gasteiger partial charge in [-0.25, -0.2) is 0 Å². The Bertz CT molecular complexity index is 564. The molecule has 22 heavy (non-hydrogen) atoms. The minimum absolute atomic E-state index is 0.0324. The van der Waals surface area contributed by atoms with E-state index >= 15 is 0 Å². The SMILES string of the molecule is CC(C)CNC(=O)[C@H]1[C@H]2CC[C@H](C2)[C@@H]1c1nc(C2CC2)no1. The van der Waals surface area contributed by atoms with Crippen molar-refractivity contribution in [1.29, 1.82) is 0 Å². The van der Waals surface area contributed by atoms with Gasteiger partial charge in [0.25, 0.3) is 0 Å². The van der Waals surface area contributed by atoms with E-state index in [2.05, 4.69) is 29.3 Å². The molecular weight excluding hydrogens is 278 g/mol. The zero-order chi connectivity index (χ0) is 15.3. The minimum Gasteiger partial charge on any atom is -0.356 e. The van der Waals surface area contributed by atoms with Crippen molar-refractivity contribution >= 4 is 5.91 Å². The first-order chi connectivity index (χ1) is 10.6. The first kappa shape index (κ1) is 14.2. The van der Waals surface area contributed by atoms with Crippen LogP contribution in [0.1, 0.15) is 69.5 Å². The molecular formula is C17H25N3O2. The van der Waals surface area contributed by atoms with Crippen molar-refractivity contribution in [3.8, 4) is 0 Å². The summed E-state index contributed by atoms with van der Waals surface area (Å²) >= 11 is 0. The van der Waals surface area contributed by atoms with E-state index in [0.29, 0.717) is 23.7 Å². The highest BCUT2D eigenvalue weighted by atomic mass is 16.5. The smallest absolute Gasteiger partial charge is 0.230 e. The fourth-order valence-electron chi connectivity index (χ4n) is 4.34. The first-order valence-corrected chi connectivity index (χ1v) is 8.74. The summed E-state index contributed by atoms with van der Waals surface area (Å²) in [5.41, 5.74) is 0. The quantitative estimate of drug-likeness (QED) is 0.908. The molecule has 0 aliphatic heterocycles. The van der Waals surface area contributed by atoms with Crippen LogP contribution in [0.25, 0.3) is 0 Å². The Kier molecular flexibility index (Phi) is 3.46. The van der Waals surface area contributed by atoms with E-state index in [0.717, 1.165) is 24.7 Å². The number of carbonyl (C=O) groups excluding carboxylic acids is 1. The number of aromatic nitrogens is 2. The zero-order valence-electron chi connectivity index (χ0n) is 13.4. The lowest BCUT2D eigenvalue weighted by molar-refractivity contribution is -0.127. The minimum atomic E-state index is 0.0324. The Balaban J connectivity index is 1.54. The Morgan fingerprint density at radius 2 is 2.05 bits per heavy atom. The average Bonchev–Trinajstić information content (AvgIpc) is 2.95. The van der Waals surface area contributed by atoms with Gasteiger partial charge in [-0.3, -0.25) is 4.79 Å². The van der Waals surface area contributed by atoms with Crippen molar-refractivity contribution in [2.75, 3.05) is 6.54 Å². The number of rotatable bonds is 5. The van der Waals surface area contributed by atoms with Crippen LogP contribution in [-0.2, 0) is 4.79 Å². The summed E-state index contributed by atoms with van der Waals surface area (Å²) in [5.74, 6) is 3.98. The van der Waals surface area contributed by atoms with E-state index in [9.17, 15) is 4.79 Å². The van der Waals surface area contributed by atoms with Gasteiger partial charge >= 0.3 is 0 Å². The van der Waals surface area contributed by atoms with Crippen LogP contribution in [0, 0.1) is 23.7 Å². The van der Waals surface area contributed by atoms with Gasteiger partial charge in [0.05, 0.1) is 11.8 Å². The number of hydrogen-bond donors (Lipinski definition) is 1. The van der Waals surface area contributed by atoms with Crippen LogP contribution in [0.15, 0.2) is 4.52 Å². The molecule has 120 valence electrons. The van der Waals surface area contributed by atoms with Crippen LogP contribution in [0.3, 0.4) is 0 Å². The molecule has 1 heterocycles. The van der Waals surface area contributed by atoms with Crippen LogP contribution in [-0.4, -0.2) is 22.6 Å². The topological polar surface area (TPSA) is 68.0 Å². The molecule has 1 aromatic rings. The molecule has 3 fully saturated rings. The van der Waals surface area contributed by atoms with Crippen molar-refractivity contribution in [3.63, 3.8) is 0 Å². The molecule has 3 saturated carbocycles. The summed E-state index contributed by atoms with van der Waals surface area (Å²) in [4.78, 5) is 17.3. The summed E-state index contributed by atoms with van der Waals surface area (Å²) in [6, 6.07) is 0. The standard InChI is InChI=1S/C17H25N3O2/c1-9(2)8-18-16(21)13-11-5-6-12(7-11)14(13)17-19-15(20-22-17)10-3-4-10/h9-14H,3-8H2,1-2H3,(H,18,21)/t11-,12+,13-,14-/m0/s1. The summed E-state index contributed by atoms with van der Waals surface area (Å²) in [6.45, 7) is 4.99. The van der Waals surface area contributed by atoms with Gasteiger partial charge in [0.2, 0.25) is 11.8 Å². The third-order valence-corrected chi connectivity index (χ3v) is 5.59. The van der Waals surface area contributed by atoms with Gasteiger partial charge in [-0.1, -0.05) is 19.0 Å². The van der Waals surface area contributed by atoms with Gasteiger partial charge in [0.15, 0.2) is 5.82 Å². The number of fused-ring (bicyclic) bond motifs is 2.